The van der Waals surface area contributed by atoms with E-state index in [-0.39, 0.29) is 0 Å². The van der Waals surface area contributed by atoms with E-state index in [2.05, 4.69) is 65.5 Å². The number of aryl methyl sites for hydroxylation is 1. The van der Waals surface area contributed by atoms with Crippen LogP contribution in [-0.2, 0) is 6.42 Å². The first-order valence-electron chi connectivity index (χ1n) is 6.21. The van der Waals surface area contributed by atoms with Gasteiger partial charge in [-0.15, -0.1) is 11.3 Å². The quantitative estimate of drug-likeness (QED) is 0.882. The van der Waals surface area contributed by atoms with E-state index in [0.29, 0.717) is 12.0 Å². The van der Waals surface area contributed by atoms with E-state index >= 15 is 0 Å². The zero-order valence-electron chi connectivity index (χ0n) is 10.5. The van der Waals surface area contributed by atoms with Gasteiger partial charge in [-0.2, -0.15) is 0 Å². The SMILES string of the molecule is CNC(c1cc(C)c(Br)s1)C1Cc2ccccc21. The van der Waals surface area contributed by atoms with Crippen LogP contribution in [0.5, 0.6) is 0 Å². The summed E-state index contributed by atoms with van der Waals surface area (Å²) in [6, 6.07) is 11.5. The highest BCUT2D eigenvalue weighted by Gasteiger charge is 2.33. The van der Waals surface area contributed by atoms with Gasteiger partial charge in [0.2, 0.25) is 0 Å². The third-order valence-electron chi connectivity index (χ3n) is 3.79. The molecule has 2 unspecified atom stereocenters. The van der Waals surface area contributed by atoms with E-state index in [0.717, 1.165) is 0 Å². The number of halogens is 1. The Morgan fingerprint density at radius 1 is 1.39 bits per heavy atom. The predicted octanol–water partition coefficient (Wildman–Crippen LogP) is 4.42. The second kappa shape index (κ2) is 4.80. The van der Waals surface area contributed by atoms with Crippen LogP contribution in [0.1, 0.15) is 33.5 Å². The van der Waals surface area contributed by atoms with Crippen molar-refractivity contribution in [1.82, 2.24) is 5.32 Å². The number of rotatable bonds is 3. The molecule has 2 aromatic rings. The Labute approximate surface area is 120 Å². The molecule has 1 aliphatic rings. The molecule has 1 aliphatic carbocycles. The zero-order chi connectivity index (χ0) is 12.7. The second-order valence-electron chi connectivity index (χ2n) is 4.88. The standard InChI is InChI=1S/C15H16BrNS/c1-9-7-13(18-15(9)16)14(17-2)12-8-10-5-3-4-6-11(10)12/h3-7,12,14,17H,8H2,1-2H3. The van der Waals surface area contributed by atoms with Gasteiger partial charge in [-0.3, -0.25) is 0 Å². The molecule has 3 rings (SSSR count). The number of thiophene rings is 1. The Balaban J connectivity index is 1.91. The first kappa shape index (κ1) is 12.4. The van der Waals surface area contributed by atoms with E-state index < -0.39 is 0 Å². The minimum atomic E-state index is 0.440. The minimum Gasteiger partial charge on any atom is -0.312 e. The fourth-order valence-electron chi connectivity index (χ4n) is 2.77. The van der Waals surface area contributed by atoms with E-state index in [4.69, 9.17) is 0 Å². The van der Waals surface area contributed by atoms with Crippen LogP contribution in [-0.4, -0.2) is 7.05 Å². The van der Waals surface area contributed by atoms with Gasteiger partial charge in [0.05, 0.1) is 3.79 Å². The van der Waals surface area contributed by atoms with Crippen LogP contribution in [0.2, 0.25) is 0 Å². The summed E-state index contributed by atoms with van der Waals surface area (Å²) in [4.78, 5) is 1.43. The Hall–Kier alpha value is -0.640. The lowest BCUT2D eigenvalue weighted by Crippen LogP contribution is -2.30. The summed E-state index contributed by atoms with van der Waals surface area (Å²) in [5, 5.41) is 3.49. The van der Waals surface area contributed by atoms with Crippen LogP contribution in [0, 0.1) is 6.92 Å². The molecule has 1 heterocycles. The van der Waals surface area contributed by atoms with Crippen LogP contribution in [0.15, 0.2) is 34.1 Å². The summed E-state index contributed by atoms with van der Waals surface area (Å²) in [7, 11) is 2.06. The van der Waals surface area contributed by atoms with E-state index in [1.165, 1.54) is 31.8 Å². The molecule has 0 spiro atoms. The molecule has 1 nitrogen and oxygen atoms in total. The second-order valence-corrected chi connectivity index (χ2v) is 7.28. The number of fused-ring (bicyclic) bond motifs is 1. The summed E-state index contributed by atoms with van der Waals surface area (Å²) >= 11 is 5.48. The number of hydrogen-bond donors (Lipinski definition) is 1. The van der Waals surface area contributed by atoms with Crippen molar-refractivity contribution in [1.29, 1.82) is 0 Å². The molecule has 2 atom stereocenters. The molecule has 0 amide bonds. The molecule has 0 bridgehead atoms. The number of nitrogens with one attached hydrogen (secondary N) is 1. The van der Waals surface area contributed by atoms with Gasteiger partial charge in [0.15, 0.2) is 0 Å². The molecule has 0 saturated carbocycles. The fourth-order valence-corrected chi connectivity index (χ4v) is 4.52. The molecule has 94 valence electrons. The summed E-state index contributed by atoms with van der Waals surface area (Å²) in [5.74, 6) is 0.621. The highest BCUT2D eigenvalue weighted by Crippen LogP contribution is 2.45. The molecule has 18 heavy (non-hydrogen) atoms. The molecule has 0 radical (unpaired) electrons. The lowest BCUT2D eigenvalue weighted by Gasteiger charge is -2.36. The van der Waals surface area contributed by atoms with Gasteiger partial charge in [-0.1, -0.05) is 24.3 Å². The first-order valence-corrected chi connectivity index (χ1v) is 7.82. The van der Waals surface area contributed by atoms with Crippen LogP contribution >= 0.6 is 27.3 Å². The van der Waals surface area contributed by atoms with Crippen molar-refractivity contribution < 1.29 is 0 Å². The van der Waals surface area contributed by atoms with Crippen molar-refractivity contribution in [3.63, 3.8) is 0 Å². The molecule has 0 aliphatic heterocycles. The average molecular weight is 322 g/mol. The highest BCUT2D eigenvalue weighted by atomic mass is 79.9. The monoisotopic (exact) mass is 321 g/mol. The van der Waals surface area contributed by atoms with Crippen LogP contribution in [0.25, 0.3) is 0 Å². The van der Waals surface area contributed by atoms with Crippen molar-refractivity contribution >= 4 is 27.3 Å². The maximum Gasteiger partial charge on any atom is 0.0731 e. The van der Waals surface area contributed by atoms with E-state index in [9.17, 15) is 0 Å². The smallest absolute Gasteiger partial charge is 0.0731 e. The number of hydrogen-bond acceptors (Lipinski definition) is 2. The van der Waals surface area contributed by atoms with Crippen molar-refractivity contribution in [2.24, 2.45) is 0 Å². The van der Waals surface area contributed by atoms with Gasteiger partial charge in [-0.25, -0.2) is 0 Å². The third-order valence-corrected chi connectivity index (χ3v) is 6.01. The van der Waals surface area contributed by atoms with Crippen molar-refractivity contribution in [2.75, 3.05) is 7.05 Å². The lowest BCUT2D eigenvalue weighted by molar-refractivity contribution is 0.444. The molecule has 1 aromatic heterocycles. The van der Waals surface area contributed by atoms with Crippen molar-refractivity contribution in [3.05, 3.63) is 55.7 Å². The number of benzene rings is 1. The Morgan fingerprint density at radius 2 is 2.17 bits per heavy atom. The summed E-state index contributed by atoms with van der Waals surface area (Å²) < 4.78 is 1.25. The van der Waals surface area contributed by atoms with Gasteiger partial charge in [-0.05, 0) is 59.1 Å². The minimum absolute atomic E-state index is 0.440. The zero-order valence-corrected chi connectivity index (χ0v) is 12.9. The maximum atomic E-state index is 3.63. The Kier molecular flexibility index (Phi) is 3.31. The Morgan fingerprint density at radius 3 is 2.78 bits per heavy atom. The normalized spacial score (nSPS) is 19.2. The predicted molar refractivity (Wildman–Crippen MR) is 81.4 cm³/mol. The largest absolute Gasteiger partial charge is 0.312 e. The van der Waals surface area contributed by atoms with Gasteiger partial charge in [0.1, 0.15) is 0 Å². The third kappa shape index (κ3) is 1.94. The van der Waals surface area contributed by atoms with Gasteiger partial charge < -0.3 is 5.32 Å². The van der Waals surface area contributed by atoms with Gasteiger partial charge in [0, 0.05) is 16.8 Å². The molecular weight excluding hydrogens is 306 g/mol. The van der Waals surface area contributed by atoms with Gasteiger partial charge in [0.25, 0.3) is 0 Å². The van der Waals surface area contributed by atoms with Crippen molar-refractivity contribution in [3.8, 4) is 0 Å². The highest BCUT2D eigenvalue weighted by molar-refractivity contribution is 9.11. The Bertz CT molecular complexity index is 556. The summed E-state index contributed by atoms with van der Waals surface area (Å²) in [6.45, 7) is 2.16. The first-order chi connectivity index (χ1) is 8.70. The molecule has 0 saturated heterocycles. The average Bonchev–Trinajstić information content (AvgIpc) is 2.66. The fraction of sp³-hybridized carbons (Fsp3) is 0.333. The maximum absolute atomic E-state index is 3.63. The topological polar surface area (TPSA) is 12.0 Å². The molecule has 3 heteroatoms. The summed E-state index contributed by atoms with van der Waals surface area (Å²) in [5.41, 5.74) is 4.36. The molecule has 0 fully saturated rings. The molecule has 1 aromatic carbocycles. The van der Waals surface area contributed by atoms with Crippen LogP contribution < -0.4 is 5.32 Å². The number of likely N-dealkylation sites (N-methyl/N-ethyl adjacent to an activating group) is 1. The summed E-state index contributed by atoms with van der Waals surface area (Å²) in [6.07, 6.45) is 1.19. The van der Waals surface area contributed by atoms with E-state index in [1.807, 2.05) is 11.3 Å². The molecular formula is C15H16BrNS. The van der Waals surface area contributed by atoms with E-state index in [1.54, 1.807) is 0 Å². The van der Waals surface area contributed by atoms with Gasteiger partial charge >= 0.3 is 0 Å². The molecule has 1 N–H and O–H groups in total. The van der Waals surface area contributed by atoms with Crippen molar-refractivity contribution in [2.45, 2.75) is 25.3 Å². The van der Waals surface area contributed by atoms with Crippen LogP contribution in [0.3, 0.4) is 0 Å². The van der Waals surface area contributed by atoms with Crippen LogP contribution in [0.4, 0.5) is 0 Å². The lowest BCUT2D eigenvalue weighted by atomic mass is 9.73.